The van der Waals surface area contributed by atoms with E-state index in [0.717, 1.165) is 35.5 Å². The predicted octanol–water partition coefficient (Wildman–Crippen LogP) is 10.3. The summed E-state index contributed by atoms with van der Waals surface area (Å²) in [7, 11) is 0. The minimum atomic E-state index is -0.753. The Kier molecular flexibility index (Phi) is 14.6. The first-order chi connectivity index (χ1) is 17.3. The third-order valence-electron chi connectivity index (χ3n) is 7.52. The largest absolute Gasteiger partial charge is 0.494 e. The van der Waals surface area contributed by atoms with Crippen molar-refractivity contribution in [2.75, 3.05) is 6.61 Å². The molecule has 0 saturated heterocycles. The molecule has 1 N–H and O–H groups in total. The highest BCUT2D eigenvalue weighted by atomic mass is 35.5. The predicted molar refractivity (Wildman–Crippen MR) is 156 cm³/mol. The molecule has 0 saturated carbocycles. The summed E-state index contributed by atoms with van der Waals surface area (Å²) >= 11 is 6.37. The van der Waals surface area contributed by atoms with Crippen molar-refractivity contribution >= 4 is 11.6 Å². The Morgan fingerprint density at radius 1 is 0.694 bits per heavy atom. The standard InChI is InChI=1S/C33H51ClO2/c1-25(2)12-9-13-26(3)14-10-15-27(4)16-11-17-28(5)22-23-36-30-20-21-32(34)31(24-30)33(35)29-18-7-6-8-19-29/h6-8,18-21,24-28,33,35H,9-17,22-23H2,1-5H3. The second-order valence-corrected chi connectivity index (χ2v) is 12.0. The molecule has 2 aromatic rings. The molecule has 0 radical (unpaired) electrons. The van der Waals surface area contributed by atoms with Crippen molar-refractivity contribution in [1.29, 1.82) is 0 Å². The number of ether oxygens (including phenoxy) is 1. The molecule has 2 nitrogen and oxygen atoms in total. The van der Waals surface area contributed by atoms with E-state index < -0.39 is 6.10 Å². The molecule has 0 aliphatic heterocycles. The molecule has 36 heavy (non-hydrogen) atoms. The van der Waals surface area contributed by atoms with Crippen LogP contribution in [0, 0.1) is 23.7 Å². The Hall–Kier alpha value is -1.51. The fourth-order valence-electron chi connectivity index (χ4n) is 4.95. The van der Waals surface area contributed by atoms with E-state index in [9.17, 15) is 5.11 Å². The third-order valence-corrected chi connectivity index (χ3v) is 7.87. The van der Waals surface area contributed by atoms with Crippen LogP contribution in [0.1, 0.15) is 116 Å². The van der Waals surface area contributed by atoms with Crippen molar-refractivity contribution in [2.24, 2.45) is 23.7 Å². The van der Waals surface area contributed by atoms with Crippen LogP contribution >= 0.6 is 11.6 Å². The van der Waals surface area contributed by atoms with Gasteiger partial charge in [-0.15, -0.1) is 0 Å². The van der Waals surface area contributed by atoms with Crippen LogP contribution in [0.3, 0.4) is 0 Å². The lowest BCUT2D eigenvalue weighted by atomic mass is 9.91. The maximum absolute atomic E-state index is 10.7. The van der Waals surface area contributed by atoms with Crippen LogP contribution in [0.4, 0.5) is 0 Å². The van der Waals surface area contributed by atoms with Gasteiger partial charge in [-0.3, -0.25) is 0 Å². The van der Waals surface area contributed by atoms with Crippen molar-refractivity contribution in [1.82, 2.24) is 0 Å². The summed E-state index contributed by atoms with van der Waals surface area (Å²) in [5, 5.41) is 11.3. The van der Waals surface area contributed by atoms with Gasteiger partial charge in [0, 0.05) is 10.6 Å². The number of rotatable bonds is 18. The Morgan fingerprint density at radius 2 is 1.22 bits per heavy atom. The molecule has 0 bridgehead atoms. The maximum Gasteiger partial charge on any atom is 0.119 e. The number of halogens is 1. The second kappa shape index (κ2) is 17.1. The zero-order chi connectivity index (χ0) is 26.3. The van der Waals surface area contributed by atoms with Gasteiger partial charge in [-0.1, -0.05) is 134 Å². The highest BCUT2D eigenvalue weighted by Gasteiger charge is 2.15. The quantitative estimate of drug-likeness (QED) is 0.214. The highest BCUT2D eigenvalue weighted by Crippen LogP contribution is 2.31. The van der Waals surface area contributed by atoms with Crippen molar-refractivity contribution in [3.63, 3.8) is 0 Å². The lowest BCUT2D eigenvalue weighted by molar-refractivity contribution is 0.219. The van der Waals surface area contributed by atoms with E-state index in [2.05, 4.69) is 34.6 Å². The lowest BCUT2D eigenvalue weighted by Gasteiger charge is -2.17. The maximum atomic E-state index is 10.7. The van der Waals surface area contributed by atoms with Gasteiger partial charge in [-0.25, -0.2) is 0 Å². The molecule has 3 heteroatoms. The number of hydrogen-bond donors (Lipinski definition) is 1. The Bertz CT molecular complexity index is 835. The van der Waals surface area contributed by atoms with E-state index >= 15 is 0 Å². The summed E-state index contributed by atoms with van der Waals surface area (Å²) in [6.07, 6.45) is 12.5. The van der Waals surface area contributed by atoms with Gasteiger partial charge >= 0.3 is 0 Å². The Morgan fingerprint density at radius 3 is 1.78 bits per heavy atom. The number of hydrogen-bond acceptors (Lipinski definition) is 2. The molecule has 0 aromatic heterocycles. The zero-order valence-corrected chi connectivity index (χ0v) is 24.3. The topological polar surface area (TPSA) is 29.5 Å². The molecule has 202 valence electrons. The van der Waals surface area contributed by atoms with Crippen molar-refractivity contribution in [3.05, 3.63) is 64.7 Å². The summed E-state index contributed by atoms with van der Waals surface area (Å²) in [5.41, 5.74) is 1.52. The normalized spacial score (nSPS) is 15.0. The summed E-state index contributed by atoms with van der Waals surface area (Å²) in [5.74, 6) is 3.98. The van der Waals surface area contributed by atoms with Crippen molar-refractivity contribution in [3.8, 4) is 5.75 Å². The van der Waals surface area contributed by atoms with E-state index in [-0.39, 0.29) is 0 Å². The summed E-state index contributed by atoms with van der Waals surface area (Å²) in [6, 6.07) is 15.2. The van der Waals surface area contributed by atoms with Crippen LogP contribution < -0.4 is 4.74 Å². The molecule has 0 fully saturated rings. The zero-order valence-electron chi connectivity index (χ0n) is 23.5. The highest BCUT2D eigenvalue weighted by molar-refractivity contribution is 6.31. The van der Waals surface area contributed by atoms with E-state index in [1.165, 1.54) is 57.8 Å². The molecule has 0 amide bonds. The van der Waals surface area contributed by atoms with Crippen molar-refractivity contribution in [2.45, 2.75) is 105 Å². The number of aliphatic hydroxyl groups excluding tert-OH is 1. The monoisotopic (exact) mass is 514 g/mol. The third kappa shape index (κ3) is 12.2. The van der Waals surface area contributed by atoms with Crippen LogP contribution in [-0.2, 0) is 0 Å². The van der Waals surface area contributed by atoms with Gasteiger partial charge in [0.15, 0.2) is 0 Å². The molecule has 2 aromatic carbocycles. The molecule has 4 unspecified atom stereocenters. The SMILES string of the molecule is CC(C)CCCC(C)CCCC(C)CCCC(C)CCOc1ccc(Cl)c(C(O)c2ccccc2)c1. The fraction of sp³-hybridized carbons (Fsp3) is 0.636. The number of aliphatic hydroxyl groups is 1. The average molecular weight is 515 g/mol. The van der Waals surface area contributed by atoms with E-state index in [0.29, 0.717) is 23.1 Å². The fourth-order valence-corrected chi connectivity index (χ4v) is 5.17. The van der Waals surface area contributed by atoms with Gasteiger partial charge in [0.25, 0.3) is 0 Å². The molecule has 0 heterocycles. The van der Waals surface area contributed by atoms with Gasteiger partial charge in [-0.2, -0.15) is 0 Å². The second-order valence-electron chi connectivity index (χ2n) is 11.6. The van der Waals surface area contributed by atoms with Crippen LogP contribution in [0.5, 0.6) is 5.75 Å². The molecular formula is C33H51ClO2. The molecular weight excluding hydrogens is 464 g/mol. The van der Waals surface area contributed by atoms with E-state index in [4.69, 9.17) is 16.3 Å². The minimum Gasteiger partial charge on any atom is -0.494 e. The van der Waals surface area contributed by atoms with Crippen LogP contribution in [0.15, 0.2) is 48.5 Å². The lowest BCUT2D eigenvalue weighted by Crippen LogP contribution is -2.06. The number of benzene rings is 2. The smallest absolute Gasteiger partial charge is 0.119 e. The van der Waals surface area contributed by atoms with E-state index in [1.54, 1.807) is 0 Å². The van der Waals surface area contributed by atoms with Gasteiger partial charge in [-0.05, 0) is 53.9 Å². The molecule has 0 aliphatic rings. The minimum absolute atomic E-state index is 0.557. The van der Waals surface area contributed by atoms with Gasteiger partial charge in [0.2, 0.25) is 0 Å². The first-order valence-corrected chi connectivity index (χ1v) is 14.8. The van der Waals surface area contributed by atoms with Gasteiger partial charge < -0.3 is 9.84 Å². The average Bonchev–Trinajstić information content (AvgIpc) is 2.85. The molecule has 2 rings (SSSR count). The first-order valence-electron chi connectivity index (χ1n) is 14.4. The summed E-state index contributed by atoms with van der Waals surface area (Å²) in [4.78, 5) is 0. The Balaban J connectivity index is 1.61. The molecule has 0 spiro atoms. The molecule has 4 atom stereocenters. The van der Waals surface area contributed by atoms with Crippen LogP contribution in [0.2, 0.25) is 5.02 Å². The summed E-state index contributed by atoms with van der Waals surface area (Å²) in [6.45, 7) is 12.5. The van der Waals surface area contributed by atoms with Crippen molar-refractivity contribution < 1.29 is 9.84 Å². The summed E-state index contributed by atoms with van der Waals surface area (Å²) < 4.78 is 6.03. The van der Waals surface area contributed by atoms with Gasteiger partial charge in [0.1, 0.15) is 11.9 Å². The molecule has 0 aliphatic carbocycles. The van der Waals surface area contributed by atoms with Crippen LogP contribution in [-0.4, -0.2) is 11.7 Å². The first kappa shape index (κ1) is 30.7. The van der Waals surface area contributed by atoms with Crippen LogP contribution in [0.25, 0.3) is 0 Å². The van der Waals surface area contributed by atoms with E-state index in [1.807, 2.05) is 48.5 Å². The van der Waals surface area contributed by atoms with Gasteiger partial charge in [0.05, 0.1) is 6.61 Å². The Labute approximate surface area is 226 Å².